The van der Waals surface area contributed by atoms with E-state index in [0.29, 0.717) is 18.8 Å². The Kier molecular flexibility index (Phi) is 6.96. The van der Waals surface area contributed by atoms with Crippen LogP contribution in [-0.4, -0.2) is 11.8 Å². The molecular weight excluding hydrogens is 324 g/mol. The molecular formula is C22H28N2O2. The number of carbonyl (C=O) groups is 2. The maximum Gasteiger partial charge on any atom is 0.224 e. The molecule has 138 valence electrons. The Bertz CT molecular complexity index is 734. The smallest absolute Gasteiger partial charge is 0.224 e. The molecule has 1 unspecified atom stereocenters. The standard InChI is InChI=1S/C22H28N2O2/c1-15(2)18-7-11-20(12-8-18)24-22(26)14-17(4)13-21(25)23-19-9-5-16(3)6-10-19/h5-12,15,17H,13-14H2,1-4H3,(H,23,25)(H,24,26). The molecule has 2 rings (SSSR count). The molecule has 2 amide bonds. The minimum Gasteiger partial charge on any atom is -0.326 e. The Labute approximate surface area is 156 Å². The molecule has 0 aromatic heterocycles. The minimum atomic E-state index is -0.0737. The molecule has 4 heteroatoms. The number of rotatable bonds is 7. The van der Waals surface area contributed by atoms with E-state index in [2.05, 4.69) is 24.5 Å². The van der Waals surface area contributed by atoms with E-state index in [-0.39, 0.29) is 17.7 Å². The summed E-state index contributed by atoms with van der Waals surface area (Å²) in [4.78, 5) is 24.3. The van der Waals surface area contributed by atoms with E-state index in [1.165, 1.54) is 5.56 Å². The highest BCUT2D eigenvalue weighted by Gasteiger charge is 2.14. The average molecular weight is 352 g/mol. The fraction of sp³-hybridized carbons (Fsp3) is 0.364. The van der Waals surface area contributed by atoms with Gasteiger partial charge >= 0.3 is 0 Å². The Morgan fingerprint density at radius 3 is 1.62 bits per heavy atom. The van der Waals surface area contributed by atoms with Gasteiger partial charge in [0.25, 0.3) is 0 Å². The summed E-state index contributed by atoms with van der Waals surface area (Å²) in [5, 5.41) is 5.77. The van der Waals surface area contributed by atoms with Crippen molar-refractivity contribution in [2.75, 3.05) is 10.6 Å². The summed E-state index contributed by atoms with van der Waals surface area (Å²) in [5.41, 5.74) is 3.96. The number of benzene rings is 2. The third kappa shape index (κ3) is 6.36. The maximum atomic E-state index is 12.2. The zero-order valence-electron chi connectivity index (χ0n) is 16.0. The van der Waals surface area contributed by atoms with Crippen molar-refractivity contribution in [3.8, 4) is 0 Å². The molecule has 0 saturated carbocycles. The molecule has 26 heavy (non-hydrogen) atoms. The summed E-state index contributed by atoms with van der Waals surface area (Å²) in [5.74, 6) is 0.288. The van der Waals surface area contributed by atoms with Crippen molar-refractivity contribution in [1.82, 2.24) is 0 Å². The van der Waals surface area contributed by atoms with E-state index in [9.17, 15) is 9.59 Å². The summed E-state index contributed by atoms with van der Waals surface area (Å²) in [6.45, 7) is 8.19. The van der Waals surface area contributed by atoms with E-state index < -0.39 is 0 Å². The quantitative estimate of drug-likeness (QED) is 0.727. The monoisotopic (exact) mass is 352 g/mol. The van der Waals surface area contributed by atoms with Crippen molar-refractivity contribution in [2.24, 2.45) is 5.92 Å². The predicted molar refractivity (Wildman–Crippen MR) is 107 cm³/mol. The highest BCUT2D eigenvalue weighted by atomic mass is 16.2. The fourth-order valence-corrected chi connectivity index (χ4v) is 2.72. The summed E-state index contributed by atoms with van der Waals surface area (Å²) >= 11 is 0. The highest BCUT2D eigenvalue weighted by molar-refractivity contribution is 5.93. The number of hydrogen-bond acceptors (Lipinski definition) is 2. The van der Waals surface area contributed by atoms with Gasteiger partial charge in [0.05, 0.1) is 0 Å². The van der Waals surface area contributed by atoms with Crippen LogP contribution in [-0.2, 0) is 9.59 Å². The first-order chi connectivity index (χ1) is 12.3. The van der Waals surface area contributed by atoms with Crippen molar-refractivity contribution in [2.45, 2.75) is 46.5 Å². The van der Waals surface area contributed by atoms with Gasteiger partial charge in [-0.2, -0.15) is 0 Å². The average Bonchev–Trinajstić information content (AvgIpc) is 2.57. The molecule has 4 nitrogen and oxygen atoms in total. The summed E-state index contributed by atoms with van der Waals surface area (Å²) in [6.07, 6.45) is 0.626. The molecule has 0 bridgehead atoms. The first kappa shape index (κ1) is 19.7. The molecule has 0 saturated heterocycles. The third-order valence-corrected chi connectivity index (χ3v) is 4.26. The lowest BCUT2D eigenvalue weighted by Gasteiger charge is -2.13. The lowest BCUT2D eigenvalue weighted by molar-refractivity contribution is -0.118. The van der Waals surface area contributed by atoms with E-state index in [0.717, 1.165) is 16.9 Å². The highest BCUT2D eigenvalue weighted by Crippen LogP contribution is 2.18. The number of nitrogens with one attached hydrogen (secondary N) is 2. The van der Waals surface area contributed by atoms with Gasteiger partial charge in [-0.25, -0.2) is 0 Å². The van der Waals surface area contributed by atoms with Gasteiger partial charge in [-0.1, -0.05) is 50.6 Å². The number of aryl methyl sites for hydroxylation is 1. The van der Waals surface area contributed by atoms with Crippen LogP contribution in [0.15, 0.2) is 48.5 Å². The van der Waals surface area contributed by atoms with Gasteiger partial charge in [0.15, 0.2) is 0 Å². The molecule has 2 N–H and O–H groups in total. The Morgan fingerprint density at radius 1 is 0.769 bits per heavy atom. The zero-order chi connectivity index (χ0) is 19.1. The van der Waals surface area contributed by atoms with Gasteiger partial charge in [-0.15, -0.1) is 0 Å². The molecule has 0 spiro atoms. The second-order valence-electron chi connectivity index (χ2n) is 7.25. The topological polar surface area (TPSA) is 58.2 Å². The van der Waals surface area contributed by atoms with Crippen LogP contribution < -0.4 is 10.6 Å². The maximum absolute atomic E-state index is 12.2. The summed E-state index contributed by atoms with van der Waals surface area (Å²) in [6, 6.07) is 15.6. The third-order valence-electron chi connectivity index (χ3n) is 4.26. The van der Waals surface area contributed by atoms with E-state index >= 15 is 0 Å². The molecule has 2 aromatic carbocycles. The van der Waals surface area contributed by atoms with Gasteiger partial charge in [0.2, 0.25) is 11.8 Å². The minimum absolute atomic E-state index is 0.0321. The molecule has 0 aliphatic carbocycles. The van der Waals surface area contributed by atoms with Crippen molar-refractivity contribution in [3.05, 3.63) is 59.7 Å². The van der Waals surface area contributed by atoms with Crippen LogP contribution in [0.2, 0.25) is 0 Å². The van der Waals surface area contributed by atoms with Crippen LogP contribution in [0.25, 0.3) is 0 Å². The molecule has 0 aliphatic heterocycles. The molecule has 0 fully saturated rings. The van der Waals surface area contributed by atoms with Crippen LogP contribution in [0.3, 0.4) is 0 Å². The normalized spacial score (nSPS) is 11.9. The van der Waals surface area contributed by atoms with Crippen molar-refractivity contribution >= 4 is 23.2 Å². The SMILES string of the molecule is Cc1ccc(NC(=O)CC(C)CC(=O)Nc2ccc(C(C)C)cc2)cc1. The molecule has 0 aliphatic rings. The van der Waals surface area contributed by atoms with Gasteiger partial charge in [-0.3, -0.25) is 9.59 Å². The van der Waals surface area contributed by atoms with Crippen LogP contribution in [0.5, 0.6) is 0 Å². The molecule has 1 atom stereocenters. The van der Waals surface area contributed by atoms with E-state index in [1.807, 2.05) is 62.4 Å². The van der Waals surface area contributed by atoms with Gasteiger partial charge in [0.1, 0.15) is 0 Å². The predicted octanol–water partition coefficient (Wildman–Crippen LogP) is 5.11. The number of hydrogen-bond donors (Lipinski definition) is 2. The van der Waals surface area contributed by atoms with E-state index in [1.54, 1.807) is 0 Å². The Hall–Kier alpha value is -2.62. The van der Waals surface area contributed by atoms with Crippen LogP contribution in [0.1, 0.15) is 50.7 Å². The zero-order valence-corrected chi connectivity index (χ0v) is 16.0. The fourth-order valence-electron chi connectivity index (χ4n) is 2.72. The largest absolute Gasteiger partial charge is 0.326 e. The van der Waals surface area contributed by atoms with Gasteiger partial charge < -0.3 is 10.6 Å². The number of carbonyl (C=O) groups excluding carboxylic acids is 2. The molecule has 0 radical (unpaired) electrons. The first-order valence-corrected chi connectivity index (χ1v) is 9.10. The second-order valence-corrected chi connectivity index (χ2v) is 7.25. The molecule has 2 aromatic rings. The molecule has 0 heterocycles. The Morgan fingerprint density at radius 2 is 1.19 bits per heavy atom. The van der Waals surface area contributed by atoms with E-state index in [4.69, 9.17) is 0 Å². The number of anilines is 2. The summed E-state index contributed by atoms with van der Waals surface area (Å²) < 4.78 is 0. The lowest BCUT2D eigenvalue weighted by atomic mass is 10.0. The van der Waals surface area contributed by atoms with Crippen LogP contribution >= 0.6 is 0 Å². The van der Waals surface area contributed by atoms with Gasteiger partial charge in [-0.05, 0) is 48.6 Å². The summed E-state index contributed by atoms with van der Waals surface area (Å²) in [7, 11) is 0. The van der Waals surface area contributed by atoms with Crippen LogP contribution in [0, 0.1) is 12.8 Å². The lowest BCUT2D eigenvalue weighted by Crippen LogP contribution is -2.20. The van der Waals surface area contributed by atoms with Crippen LogP contribution in [0.4, 0.5) is 11.4 Å². The second kappa shape index (κ2) is 9.18. The van der Waals surface area contributed by atoms with Crippen molar-refractivity contribution in [3.63, 3.8) is 0 Å². The Balaban J connectivity index is 1.78. The van der Waals surface area contributed by atoms with Gasteiger partial charge in [0, 0.05) is 24.2 Å². The number of amides is 2. The van der Waals surface area contributed by atoms with Crippen molar-refractivity contribution < 1.29 is 9.59 Å². The first-order valence-electron chi connectivity index (χ1n) is 9.10. The van der Waals surface area contributed by atoms with Crippen molar-refractivity contribution in [1.29, 1.82) is 0 Å².